The average Bonchev–Trinajstić information content (AvgIpc) is 3.18. The van der Waals surface area contributed by atoms with Crippen LogP contribution in [-0.4, -0.2) is 70.9 Å². The lowest BCUT2D eigenvalue weighted by Crippen LogP contribution is -2.50. The van der Waals surface area contributed by atoms with Gasteiger partial charge in [-0.05, 0) is 40.4 Å². The van der Waals surface area contributed by atoms with Crippen LogP contribution in [0.5, 0.6) is 0 Å². The Morgan fingerprint density at radius 1 is 1.28 bits per heavy atom. The summed E-state index contributed by atoms with van der Waals surface area (Å²) in [5, 5.41) is 23.5. The zero-order valence-electron chi connectivity index (χ0n) is 20.0. The first-order valence-corrected chi connectivity index (χ1v) is 14.6. The average molecular weight is 594 g/mol. The van der Waals surface area contributed by atoms with Gasteiger partial charge in [0, 0.05) is 49.4 Å². The fraction of sp³-hybridized carbons (Fsp3) is 0.500. The summed E-state index contributed by atoms with van der Waals surface area (Å²) in [6.45, 7) is 7.81. The van der Waals surface area contributed by atoms with Crippen molar-refractivity contribution < 1.29 is 13.2 Å². The summed E-state index contributed by atoms with van der Waals surface area (Å²) in [7, 11) is -3.99. The molecule has 0 bridgehead atoms. The third kappa shape index (κ3) is 4.49. The second kappa shape index (κ2) is 9.05. The van der Waals surface area contributed by atoms with Crippen molar-refractivity contribution in [1.29, 1.82) is 5.26 Å². The molecule has 0 radical (unpaired) electrons. The van der Waals surface area contributed by atoms with Gasteiger partial charge in [0.05, 0.1) is 16.5 Å². The van der Waals surface area contributed by atoms with E-state index < -0.39 is 15.6 Å². The molecule has 2 aromatic heterocycles. The first-order valence-electron chi connectivity index (χ1n) is 11.5. The number of nitrogens with one attached hydrogen (secondary N) is 1. The molecular formula is C22H25BrN8O3S2. The van der Waals surface area contributed by atoms with Gasteiger partial charge in [-0.15, -0.1) is 10.2 Å². The second-order valence-electron chi connectivity index (χ2n) is 9.55. The molecular weight excluding hydrogens is 568 g/mol. The summed E-state index contributed by atoms with van der Waals surface area (Å²) in [5.41, 5.74) is 0.110. The van der Waals surface area contributed by atoms with E-state index in [-0.39, 0.29) is 22.6 Å². The molecule has 0 unspecified atom stereocenters. The molecule has 1 N–H and O–H groups in total. The SMILES string of the molecule is CC(C)C(=O)N1CCN(c2cc(S(=O)(=O)N[C@@]3(C#N)C[C@H]3C)cc3nn(-c4nnc(Br)s4)cc23)CC1. The molecule has 5 rings (SSSR count). The van der Waals surface area contributed by atoms with Crippen LogP contribution in [0.4, 0.5) is 5.69 Å². The number of carbonyl (C=O) groups excluding carboxylic acids is 1. The van der Waals surface area contributed by atoms with Crippen LogP contribution < -0.4 is 9.62 Å². The lowest BCUT2D eigenvalue weighted by molar-refractivity contribution is -0.134. The Kier molecular flexibility index (Phi) is 6.30. The summed E-state index contributed by atoms with van der Waals surface area (Å²) >= 11 is 4.61. The molecule has 36 heavy (non-hydrogen) atoms. The predicted octanol–water partition coefficient (Wildman–Crippen LogP) is 2.52. The van der Waals surface area contributed by atoms with E-state index in [1.165, 1.54) is 17.4 Å². The lowest BCUT2D eigenvalue weighted by Gasteiger charge is -2.37. The van der Waals surface area contributed by atoms with Crippen molar-refractivity contribution in [3.63, 3.8) is 0 Å². The molecule has 0 spiro atoms. The molecule has 11 nitrogen and oxygen atoms in total. The van der Waals surface area contributed by atoms with E-state index in [9.17, 15) is 18.5 Å². The minimum Gasteiger partial charge on any atom is -0.367 e. The normalized spacial score (nSPS) is 22.3. The third-order valence-corrected chi connectivity index (χ3v) is 9.56. The lowest BCUT2D eigenvalue weighted by atomic mass is 10.1. The van der Waals surface area contributed by atoms with Gasteiger partial charge in [-0.25, -0.2) is 13.1 Å². The molecule has 14 heteroatoms. The van der Waals surface area contributed by atoms with Gasteiger partial charge in [-0.3, -0.25) is 4.79 Å². The highest BCUT2D eigenvalue weighted by Gasteiger charge is 2.54. The van der Waals surface area contributed by atoms with Crippen molar-refractivity contribution >= 4 is 59.8 Å². The number of benzene rings is 1. The van der Waals surface area contributed by atoms with E-state index in [4.69, 9.17) is 0 Å². The zero-order chi connectivity index (χ0) is 25.8. The molecule has 1 amide bonds. The highest BCUT2D eigenvalue weighted by molar-refractivity contribution is 9.11. The maximum Gasteiger partial charge on any atom is 0.242 e. The minimum absolute atomic E-state index is 0.0445. The molecule has 1 aromatic carbocycles. The van der Waals surface area contributed by atoms with E-state index in [2.05, 4.69) is 46.9 Å². The Hall–Kier alpha value is -2.60. The van der Waals surface area contributed by atoms with E-state index >= 15 is 0 Å². The van der Waals surface area contributed by atoms with Crippen molar-refractivity contribution in [3.05, 3.63) is 22.2 Å². The number of nitrogens with zero attached hydrogens (tertiary/aromatic N) is 7. The van der Waals surface area contributed by atoms with Crippen LogP contribution in [0.2, 0.25) is 0 Å². The number of hydrogen-bond acceptors (Lipinski definition) is 9. The van der Waals surface area contributed by atoms with Gasteiger partial charge >= 0.3 is 0 Å². The Morgan fingerprint density at radius 2 is 1.97 bits per heavy atom. The Bertz CT molecular complexity index is 1490. The summed E-state index contributed by atoms with van der Waals surface area (Å²) in [6.07, 6.45) is 2.29. The maximum atomic E-state index is 13.4. The third-order valence-electron chi connectivity index (χ3n) is 6.72. The number of aromatic nitrogens is 4. The standard InChI is InChI=1S/C22H25BrN8O3S2/c1-13(2)19(32)30-6-4-29(5-7-30)18-9-15(36(33,34)28-22(12-24)10-14(22)3)8-17-16(18)11-31(27-17)21-26-25-20(23)35-21/h8-9,11,13-14,28H,4-7,10H2,1-3H3/t14-,22-/m1/s1. The number of carbonyl (C=O) groups is 1. The number of sulfonamides is 1. The zero-order valence-corrected chi connectivity index (χ0v) is 23.2. The van der Waals surface area contributed by atoms with Crippen LogP contribution in [0.3, 0.4) is 0 Å². The van der Waals surface area contributed by atoms with Gasteiger partial charge in [-0.1, -0.05) is 32.1 Å². The van der Waals surface area contributed by atoms with Crippen LogP contribution in [-0.2, 0) is 14.8 Å². The molecule has 3 aromatic rings. The first kappa shape index (κ1) is 25.1. The number of fused-ring (bicyclic) bond motifs is 1. The Balaban J connectivity index is 1.55. The quantitative estimate of drug-likeness (QED) is 0.461. The van der Waals surface area contributed by atoms with Gasteiger partial charge in [0.1, 0.15) is 5.54 Å². The summed E-state index contributed by atoms with van der Waals surface area (Å²) in [5.74, 6) is -0.0259. The first-order chi connectivity index (χ1) is 17.0. The van der Waals surface area contributed by atoms with Gasteiger partial charge in [0.15, 0.2) is 3.92 Å². The molecule has 2 aliphatic rings. The minimum atomic E-state index is -3.99. The van der Waals surface area contributed by atoms with Gasteiger partial charge in [-0.2, -0.15) is 15.1 Å². The van der Waals surface area contributed by atoms with E-state index in [0.29, 0.717) is 52.9 Å². The molecule has 2 atom stereocenters. The number of hydrogen-bond donors (Lipinski definition) is 1. The largest absolute Gasteiger partial charge is 0.367 e. The topological polar surface area (TPSA) is 137 Å². The molecule has 1 saturated carbocycles. The number of anilines is 1. The number of nitriles is 1. The number of amides is 1. The molecule has 1 aliphatic carbocycles. The number of piperazine rings is 1. The maximum absolute atomic E-state index is 13.4. The molecule has 1 saturated heterocycles. The monoisotopic (exact) mass is 592 g/mol. The Labute approximate surface area is 221 Å². The smallest absolute Gasteiger partial charge is 0.242 e. The van der Waals surface area contributed by atoms with Crippen molar-refractivity contribution in [2.45, 2.75) is 37.6 Å². The van der Waals surface area contributed by atoms with Crippen LogP contribution in [0.15, 0.2) is 27.1 Å². The van der Waals surface area contributed by atoms with Gasteiger partial charge in [0.25, 0.3) is 0 Å². The highest BCUT2D eigenvalue weighted by atomic mass is 79.9. The molecule has 190 valence electrons. The van der Waals surface area contributed by atoms with Gasteiger partial charge in [0.2, 0.25) is 21.1 Å². The van der Waals surface area contributed by atoms with Crippen LogP contribution >= 0.6 is 27.3 Å². The summed E-state index contributed by atoms with van der Waals surface area (Å²) < 4.78 is 31.5. The predicted molar refractivity (Wildman–Crippen MR) is 138 cm³/mol. The van der Waals surface area contributed by atoms with E-state index in [0.717, 1.165) is 5.39 Å². The molecule has 2 fully saturated rings. The summed E-state index contributed by atoms with van der Waals surface area (Å²) in [6, 6.07) is 5.27. The van der Waals surface area contributed by atoms with E-state index in [1.54, 1.807) is 10.7 Å². The van der Waals surface area contributed by atoms with Crippen molar-refractivity contribution in [1.82, 2.24) is 29.6 Å². The Morgan fingerprint density at radius 3 is 2.53 bits per heavy atom. The second-order valence-corrected chi connectivity index (χ2v) is 13.5. The van der Waals surface area contributed by atoms with Crippen molar-refractivity contribution in [3.8, 4) is 11.2 Å². The number of halogens is 1. The van der Waals surface area contributed by atoms with Crippen molar-refractivity contribution in [2.24, 2.45) is 11.8 Å². The highest BCUT2D eigenvalue weighted by Crippen LogP contribution is 2.43. The van der Waals surface area contributed by atoms with E-state index in [1.807, 2.05) is 31.9 Å². The fourth-order valence-electron chi connectivity index (χ4n) is 4.46. The van der Waals surface area contributed by atoms with Crippen molar-refractivity contribution in [2.75, 3.05) is 31.1 Å². The van der Waals surface area contributed by atoms with Crippen LogP contribution in [0, 0.1) is 23.2 Å². The summed E-state index contributed by atoms with van der Waals surface area (Å²) in [4.78, 5) is 16.4. The van der Waals surface area contributed by atoms with Crippen LogP contribution in [0.1, 0.15) is 27.2 Å². The molecule has 3 heterocycles. The fourth-order valence-corrected chi connectivity index (χ4v) is 6.94. The molecule has 1 aliphatic heterocycles. The van der Waals surface area contributed by atoms with Crippen LogP contribution in [0.25, 0.3) is 16.0 Å². The van der Waals surface area contributed by atoms with Gasteiger partial charge < -0.3 is 9.80 Å². The number of rotatable bonds is 6.